The number of carboxylic acids is 1. The van der Waals surface area contributed by atoms with Gasteiger partial charge in [-0.3, -0.25) is 0 Å². The molecule has 0 amide bonds. The summed E-state index contributed by atoms with van der Waals surface area (Å²) in [5, 5.41) is 17.8. The zero-order chi connectivity index (χ0) is 18.4. The smallest absolute Gasteiger partial charge is 0.342 e. The van der Waals surface area contributed by atoms with Crippen molar-refractivity contribution in [2.75, 3.05) is 28.4 Å². The molecule has 0 unspecified atom stereocenters. The molecule has 8 heteroatoms. The van der Waals surface area contributed by atoms with Gasteiger partial charge in [0.25, 0.3) is 0 Å². The van der Waals surface area contributed by atoms with Gasteiger partial charge in [0.2, 0.25) is 11.5 Å². The van der Waals surface area contributed by atoms with Gasteiger partial charge in [0.15, 0.2) is 17.2 Å². The first kappa shape index (κ1) is 18.1. The van der Waals surface area contributed by atoms with Gasteiger partial charge < -0.3 is 24.1 Å². The summed E-state index contributed by atoms with van der Waals surface area (Å²) in [6.45, 7) is 0. The third-order valence-corrected chi connectivity index (χ3v) is 3.35. The van der Waals surface area contributed by atoms with Crippen LogP contribution in [0.4, 0.5) is 11.4 Å². The zero-order valence-electron chi connectivity index (χ0n) is 14.3. The van der Waals surface area contributed by atoms with E-state index in [2.05, 4.69) is 10.2 Å². The Labute approximate surface area is 144 Å². The molecule has 25 heavy (non-hydrogen) atoms. The van der Waals surface area contributed by atoms with Gasteiger partial charge in [-0.25, -0.2) is 4.79 Å². The summed E-state index contributed by atoms with van der Waals surface area (Å²) < 4.78 is 21.1. The lowest BCUT2D eigenvalue weighted by atomic mass is 10.1. The molecule has 2 aromatic carbocycles. The molecule has 0 spiro atoms. The molecule has 8 nitrogen and oxygen atoms in total. The number of nitrogens with zero attached hydrogens (tertiary/aromatic N) is 2. The lowest BCUT2D eigenvalue weighted by Gasteiger charge is -2.19. The minimum Gasteiger partial charge on any atom is -0.492 e. The predicted octanol–water partition coefficient (Wildman–Crippen LogP) is 3.83. The van der Waals surface area contributed by atoms with Crippen LogP contribution in [-0.4, -0.2) is 39.5 Å². The van der Waals surface area contributed by atoms with Crippen LogP contribution < -0.4 is 18.9 Å². The Morgan fingerprint density at radius 2 is 1.32 bits per heavy atom. The van der Waals surface area contributed by atoms with E-state index in [-0.39, 0.29) is 34.2 Å². The highest BCUT2D eigenvalue weighted by molar-refractivity contribution is 6.01. The van der Waals surface area contributed by atoms with E-state index in [9.17, 15) is 9.90 Å². The lowest BCUT2D eigenvalue weighted by molar-refractivity contribution is 0.0693. The van der Waals surface area contributed by atoms with E-state index in [1.165, 1.54) is 28.4 Å². The van der Waals surface area contributed by atoms with Crippen LogP contribution in [0.2, 0.25) is 0 Å². The zero-order valence-corrected chi connectivity index (χ0v) is 14.3. The maximum atomic E-state index is 11.8. The first-order valence-corrected chi connectivity index (χ1v) is 7.19. The van der Waals surface area contributed by atoms with Crippen molar-refractivity contribution in [3.63, 3.8) is 0 Å². The highest BCUT2D eigenvalue weighted by Crippen LogP contribution is 2.53. The van der Waals surface area contributed by atoms with Crippen molar-refractivity contribution < 1.29 is 28.8 Å². The SMILES string of the molecule is COc1c(N=Nc2ccccc2)c(C(=O)O)c(OC)c(OC)c1OC. The number of aromatic carboxylic acids is 1. The number of rotatable bonds is 7. The van der Waals surface area contributed by atoms with Crippen LogP contribution in [0.1, 0.15) is 10.4 Å². The molecule has 0 atom stereocenters. The molecule has 2 rings (SSSR count). The Hall–Kier alpha value is -3.29. The average Bonchev–Trinajstić information content (AvgIpc) is 2.64. The molecule has 0 radical (unpaired) electrons. The Bertz CT molecular complexity index is 790. The highest BCUT2D eigenvalue weighted by Gasteiger charge is 2.31. The topological polar surface area (TPSA) is 98.9 Å². The minimum atomic E-state index is -1.27. The maximum absolute atomic E-state index is 11.8. The van der Waals surface area contributed by atoms with Gasteiger partial charge in [0.05, 0.1) is 34.1 Å². The fraction of sp³-hybridized carbons (Fsp3) is 0.235. The highest BCUT2D eigenvalue weighted by atomic mass is 16.5. The molecule has 0 fully saturated rings. The molecule has 0 aliphatic heterocycles. The van der Waals surface area contributed by atoms with E-state index in [0.29, 0.717) is 5.69 Å². The first-order valence-electron chi connectivity index (χ1n) is 7.19. The van der Waals surface area contributed by atoms with Crippen LogP contribution in [0.25, 0.3) is 0 Å². The third-order valence-electron chi connectivity index (χ3n) is 3.35. The summed E-state index contributed by atoms with van der Waals surface area (Å²) >= 11 is 0. The second-order valence-corrected chi connectivity index (χ2v) is 4.70. The fourth-order valence-electron chi connectivity index (χ4n) is 2.30. The van der Waals surface area contributed by atoms with Gasteiger partial charge in [-0.05, 0) is 12.1 Å². The van der Waals surface area contributed by atoms with Crippen LogP contribution in [0, 0.1) is 0 Å². The predicted molar refractivity (Wildman–Crippen MR) is 90.2 cm³/mol. The quantitative estimate of drug-likeness (QED) is 0.765. The Balaban J connectivity index is 2.79. The third kappa shape index (κ3) is 3.47. The fourth-order valence-corrected chi connectivity index (χ4v) is 2.30. The standard InChI is InChI=1S/C17H18N2O6/c1-22-13-11(17(20)21)12(19-18-10-8-6-5-7-9-10)14(23-2)16(25-4)15(13)24-3/h5-9H,1-4H3,(H,20,21). The van der Waals surface area contributed by atoms with Crippen molar-refractivity contribution in [1.29, 1.82) is 0 Å². The second kappa shape index (κ2) is 8.00. The number of carboxylic acid groups (broad SMARTS) is 1. The average molecular weight is 346 g/mol. The van der Waals surface area contributed by atoms with Crippen LogP contribution in [0.3, 0.4) is 0 Å². The molecule has 0 aliphatic rings. The van der Waals surface area contributed by atoms with E-state index < -0.39 is 5.97 Å². The molecule has 0 aliphatic carbocycles. The molecule has 1 N–H and O–H groups in total. The number of hydrogen-bond acceptors (Lipinski definition) is 7. The summed E-state index contributed by atoms with van der Waals surface area (Å²) in [7, 11) is 5.47. The van der Waals surface area contributed by atoms with Crippen molar-refractivity contribution in [1.82, 2.24) is 0 Å². The molecular weight excluding hydrogens is 328 g/mol. The monoisotopic (exact) mass is 346 g/mol. The minimum absolute atomic E-state index is 0.0327. The van der Waals surface area contributed by atoms with Crippen molar-refractivity contribution >= 4 is 17.3 Å². The summed E-state index contributed by atoms with van der Waals surface area (Å²) in [5.74, 6) is -0.961. The van der Waals surface area contributed by atoms with Gasteiger partial charge in [-0.1, -0.05) is 18.2 Å². The largest absolute Gasteiger partial charge is 0.492 e. The number of hydrogen-bond donors (Lipinski definition) is 1. The van der Waals surface area contributed by atoms with Gasteiger partial charge in [-0.15, -0.1) is 5.11 Å². The molecule has 2 aromatic rings. The van der Waals surface area contributed by atoms with E-state index in [1.807, 2.05) is 6.07 Å². The Morgan fingerprint density at radius 1 is 0.800 bits per heavy atom. The second-order valence-electron chi connectivity index (χ2n) is 4.70. The van der Waals surface area contributed by atoms with Crippen molar-refractivity contribution in [2.24, 2.45) is 10.2 Å². The first-order chi connectivity index (χ1) is 12.1. The normalized spacial score (nSPS) is 10.6. The summed E-state index contributed by atoms with van der Waals surface area (Å²) in [5.41, 5.74) is 0.277. The number of ether oxygens (including phenoxy) is 4. The summed E-state index contributed by atoms with van der Waals surface area (Å²) in [6.07, 6.45) is 0. The van der Waals surface area contributed by atoms with Gasteiger partial charge in [0, 0.05) is 0 Å². The Morgan fingerprint density at radius 3 is 1.80 bits per heavy atom. The van der Waals surface area contributed by atoms with Gasteiger partial charge >= 0.3 is 5.97 Å². The molecule has 132 valence electrons. The molecule has 0 aromatic heterocycles. The number of methoxy groups -OCH3 is 4. The molecule has 0 heterocycles. The molecule has 0 saturated carbocycles. The van der Waals surface area contributed by atoms with Crippen LogP contribution in [0.15, 0.2) is 40.6 Å². The maximum Gasteiger partial charge on any atom is 0.342 e. The van der Waals surface area contributed by atoms with E-state index in [1.54, 1.807) is 24.3 Å². The van der Waals surface area contributed by atoms with Crippen molar-refractivity contribution in [3.8, 4) is 23.0 Å². The molecule has 0 bridgehead atoms. The van der Waals surface area contributed by atoms with E-state index in [0.717, 1.165) is 0 Å². The molecular formula is C17H18N2O6. The van der Waals surface area contributed by atoms with Crippen LogP contribution in [-0.2, 0) is 0 Å². The van der Waals surface area contributed by atoms with E-state index in [4.69, 9.17) is 18.9 Å². The number of azo groups is 1. The summed E-state index contributed by atoms with van der Waals surface area (Å²) in [6, 6.07) is 8.88. The van der Waals surface area contributed by atoms with Crippen LogP contribution >= 0.6 is 0 Å². The number of carbonyl (C=O) groups is 1. The number of benzene rings is 2. The van der Waals surface area contributed by atoms with Crippen molar-refractivity contribution in [3.05, 3.63) is 35.9 Å². The molecule has 0 saturated heterocycles. The van der Waals surface area contributed by atoms with Crippen molar-refractivity contribution in [2.45, 2.75) is 0 Å². The summed E-state index contributed by atoms with van der Waals surface area (Å²) in [4.78, 5) is 11.8. The van der Waals surface area contributed by atoms with E-state index >= 15 is 0 Å². The Kier molecular flexibility index (Phi) is 5.78. The lowest BCUT2D eigenvalue weighted by Crippen LogP contribution is -2.06. The van der Waals surface area contributed by atoms with Gasteiger partial charge in [0.1, 0.15) is 5.56 Å². The van der Waals surface area contributed by atoms with Crippen LogP contribution in [0.5, 0.6) is 23.0 Å². The van der Waals surface area contributed by atoms with Gasteiger partial charge in [-0.2, -0.15) is 5.11 Å².